The molecule has 2 N–H and O–H groups in total. The number of nitrogens with zero attached hydrogens (tertiary/aromatic N) is 1. The molecule has 0 saturated heterocycles. The Kier molecular flexibility index (Phi) is 14.7. The van der Waals surface area contributed by atoms with Crippen molar-refractivity contribution in [2.45, 2.75) is 12.5 Å². The molecule has 0 bridgehead atoms. The van der Waals surface area contributed by atoms with Gasteiger partial charge in [0.2, 0.25) is 0 Å². The summed E-state index contributed by atoms with van der Waals surface area (Å²) in [5, 5.41) is 20.0. The molecule has 1 aromatic rings. The number of aliphatic imine (C=N–C) groups is 1. The molecule has 0 aliphatic carbocycles. The molecule has 0 radical (unpaired) electrons. The number of hydrogen-bond donors (Lipinski definition) is 2. The smallest absolute Gasteiger partial charge is 0.332 e. The number of phenolic OH excluding ortho intramolecular Hbond substituents is 1. The summed E-state index contributed by atoms with van der Waals surface area (Å²) in [6.45, 7) is 7.29. The van der Waals surface area contributed by atoms with Gasteiger partial charge in [0.05, 0.1) is 78.2 Å². The SMILES string of the molecule is COCCOCCOCCOCCOCCOCCOc1ccc(O)c(C2=NC(C)(C(=O)O)CS2)c1. The number of hydrogen-bond acceptors (Lipinski definition) is 11. The zero-order valence-corrected chi connectivity index (χ0v) is 21.8. The first kappa shape index (κ1) is 30.3. The van der Waals surface area contributed by atoms with Crippen molar-refractivity contribution in [2.24, 2.45) is 4.99 Å². The summed E-state index contributed by atoms with van der Waals surface area (Å²) in [6.07, 6.45) is 0. The van der Waals surface area contributed by atoms with Crippen molar-refractivity contribution in [1.29, 1.82) is 0 Å². The minimum absolute atomic E-state index is 0.0245. The lowest BCUT2D eigenvalue weighted by molar-refractivity contribution is -0.141. The van der Waals surface area contributed by atoms with Crippen molar-refractivity contribution in [3.05, 3.63) is 23.8 Å². The highest BCUT2D eigenvalue weighted by atomic mass is 32.2. The summed E-state index contributed by atoms with van der Waals surface area (Å²) < 4.78 is 37.6. The minimum atomic E-state index is -1.19. The molecule has 36 heavy (non-hydrogen) atoms. The van der Waals surface area contributed by atoms with Gasteiger partial charge in [0.1, 0.15) is 23.1 Å². The van der Waals surface area contributed by atoms with Crippen LogP contribution in [-0.2, 0) is 33.2 Å². The number of carboxylic acids is 1. The third-order valence-electron chi connectivity index (χ3n) is 4.91. The second-order valence-corrected chi connectivity index (χ2v) is 8.83. The van der Waals surface area contributed by atoms with Gasteiger partial charge in [0.25, 0.3) is 0 Å². The third kappa shape index (κ3) is 11.4. The zero-order chi connectivity index (χ0) is 26.1. The van der Waals surface area contributed by atoms with Crippen molar-refractivity contribution in [2.75, 3.05) is 92.1 Å². The second-order valence-electron chi connectivity index (χ2n) is 7.87. The predicted molar refractivity (Wildman–Crippen MR) is 135 cm³/mol. The first-order chi connectivity index (χ1) is 17.5. The molecule has 1 atom stereocenters. The first-order valence-corrected chi connectivity index (χ1v) is 12.7. The highest BCUT2D eigenvalue weighted by molar-refractivity contribution is 8.14. The Morgan fingerprint density at radius 3 is 1.86 bits per heavy atom. The molecule has 0 aromatic heterocycles. The van der Waals surface area contributed by atoms with E-state index in [1.807, 2.05) is 0 Å². The van der Waals surface area contributed by atoms with Gasteiger partial charge in [0, 0.05) is 12.9 Å². The normalized spacial score (nSPS) is 17.3. The van der Waals surface area contributed by atoms with E-state index in [2.05, 4.69) is 4.99 Å². The van der Waals surface area contributed by atoms with E-state index in [4.69, 9.17) is 33.2 Å². The van der Waals surface area contributed by atoms with E-state index in [-0.39, 0.29) is 5.75 Å². The molecule has 1 aliphatic rings. The Bertz CT molecular complexity index is 809. The average Bonchev–Trinajstić information content (AvgIpc) is 3.27. The van der Waals surface area contributed by atoms with E-state index in [0.29, 0.717) is 101 Å². The number of rotatable bonds is 21. The summed E-state index contributed by atoms with van der Waals surface area (Å²) in [4.78, 5) is 15.7. The molecular formula is C24H37NO10S. The largest absolute Gasteiger partial charge is 0.507 e. The van der Waals surface area contributed by atoms with Gasteiger partial charge in [-0.2, -0.15) is 0 Å². The lowest BCUT2D eigenvalue weighted by Crippen LogP contribution is -2.33. The number of aliphatic carboxylic acids is 1. The number of thioether (sulfide) groups is 1. The number of aromatic hydroxyl groups is 1. The van der Waals surface area contributed by atoms with Crippen LogP contribution in [-0.4, -0.2) is 119 Å². The summed E-state index contributed by atoms with van der Waals surface area (Å²) >= 11 is 1.30. The van der Waals surface area contributed by atoms with Gasteiger partial charge < -0.3 is 43.4 Å². The number of benzene rings is 1. The van der Waals surface area contributed by atoms with Gasteiger partial charge in [-0.3, -0.25) is 4.99 Å². The quantitative estimate of drug-likeness (QED) is 0.225. The van der Waals surface area contributed by atoms with E-state index in [1.54, 1.807) is 26.2 Å². The number of carbonyl (C=O) groups is 1. The fourth-order valence-corrected chi connectivity index (χ4v) is 4.05. The lowest BCUT2D eigenvalue weighted by atomic mass is 10.1. The summed E-state index contributed by atoms with van der Waals surface area (Å²) in [5.41, 5.74) is -0.739. The van der Waals surface area contributed by atoms with Crippen molar-refractivity contribution in [3.8, 4) is 11.5 Å². The Hall–Kier alpha value is -1.93. The molecular weight excluding hydrogens is 494 g/mol. The van der Waals surface area contributed by atoms with Crippen molar-refractivity contribution in [1.82, 2.24) is 0 Å². The second kappa shape index (κ2) is 17.5. The van der Waals surface area contributed by atoms with Crippen LogP contribution in [0.4, 0.5) is 0 Å². The molecule has 1 unspecified atom stereocenters. The molecule has 11 nitrogen and oxygen atoms in total. The van der Waals surface area contributed by atoms with Crippen LogP contribution in [0.2, 0.25) is 0 Å². The molecule has 0 fully saturated rings. The van der Waals surface area contributed by atoms with E-state index in [9.17, 15) is 15.0 Å². The summed E-state index contributed by atoms with van der Waals surface area (Å²) in [5.74, 6) is -0.123. The monoisotopic (exact) mass is 531 g/mol. The van der Waals surface area contributed by atoms with Crippen LogP contribution in [0.1, 0.15) is 12.5 Å². The number of carboxylic acid groups (broad SMARTS) is 1. The number of methoxy groups -OCH3 is 1. The molecule has 0 saturated carbocycles. The lowest BCUT2D eigenvalue weighted by Gasteiger charge is -2.12. The van der Waals surface area contributed by atoms with Gasteiger partial charge in [-0.1, -0.05) is 0 Å². The van der Waals surface area contributed by atoms with Crippen LogP contribution in [0.5, 0.6) is 11.5 Å². The van der Waals surface area contributed by atoms with E-state index in [1.165, 1.54) is 17.8 Å². The van der Waals surface area contributed by atoms with Gasteiger partial charge in [-0.05, 0) is 25.1 Å². The third-order valence-corrected chi connectivity index (χ3v) is 6.20. The fourth-order valence-electron chi connectivity index (χ4n) is 2.86. The molecule has 0 amide bonds. The van der Waals surface area contributed by atoms with Crippen LogP contribution in [0.25, 0.3) is 0 Å². The molecule has 0 spiro atoms. The molecule has 1 aromatic carbocycles. The molecule has 12 heteroatoms. The van der Waals surface area contributed by atoms with Crippen molar-refractivity contribution in [3.63, 3.8) is 0 Å². The molecule has 1 heterocycles. The molecule has 2 rings (SSSR count). The highest BCUT2D eigenvalue weighted by Gasteiger charge is 2.39. The molecule has 1 aliphatic heterocycles. The Labute approximate surface area is 216 Å². The topological polar surface area (TPSA) is 134 Å². The molecule has 204 valence electrons. The highest BCUT2D eigenvalue weighted by Crippen LogP contribution is 2.35. The van der Waals surface area contributed by atoms with Crippen molar-refractivity contribution < 1.29 is 48.2 Å². The minimum Gasteiger partial charge on any atom is -0.507 e. The maximum Gasteiger partial charge on any atom is 0.332 e. The van der Waals surface area contributed by atoms with E-state index < -0.39 is 11.5 Å². The van der Waals surface area contributed by atoms with E-state index >= 15 is 0 Å². The Balaban J connectivity index is 1.47. The average molecular weight is 532 g/mol. The van der Waals surface area contributed by atoms with Gasteiger partial charge >= 0.3 is 5.97 Å². The maximum atomic E-state index is 11.4. The fraction of sp³-hybridized carbons (Fsp3) is 0.667. The summed E-state index contributed by atoms with van der Waals surface area (Å²) in [6, 6.07) is 4.80. The zero-order valence-electron chi connectivity index (χ0n) is 20.9. The van der Waals surface area contributed by atoms with Crippen LogP contribution in [0, 0.1) is 0 Å². The number of phenols is 1. The summed E-state index contributed by atoms with van der Waals surface area (Å²) in [7, 11) is 1.63. The van der Waals surface area contributed by atoms with Crippen LogP contribution in [0.15, 0.2) is 23.2 Å². The maximum absolute atomic E-state index is 11.4. The van der Waals surface area contributed by atoms with Gasteiger partial charge in [0.15, 0.2) is 5.54 Å². The first-order valence-electron chi connectivity index (χ1n) is 11.8. The van der Waals surface area contributed by atoms with E-state index in [0.717, 1.165) is 0 Å². The van der Waals surface area contributed by atoms with Crippen LogP contribution >= 0.6 is 11.8 Å². The van der Waals surface area contributed by atoms with Crippen LogP contribution in [0.3, 0.4) is 0 Å². The van der Waals surface area contributed by atoms with Crippen LogP contribution < -0.4 is 4.74 Å². The Morgan fingerprint density at radius 1 is 0.889 bits per heavy atom. The Morgan fingerprint density at radius 2 is 1.39 bits per heavy atom. The van der Waals surface area contributed by atoms with Gasteiger partial charge in [-0.25, -0.2) is 4.79 Å². The number of ether oxygens (including phenoxy) is 7. The van der Waals surface area contributed by atoms with Gasteiger partial charge in [-0.15, -0.1) is 11.8 Å². The standard InChI is InChI=1S/C24H37NO10S/c1-24(23(27)28)18-36-22(25-24)20-17-19(3-4-21(20)26)35-16-15-34-14-13-33-12-11-32-10-9-31-8-7-30-6-5-29-2/h3-4,17,26H,5-16,18H2,1-2H3,(H,27,28). The predicted octanol–water partition coefficient (Wildman–Crippen LogP) is 1.84. The van der Waals surface area contributed by atoms with Crippen molar-refractivity contribution >= 4 is 22.8 Å².